The van der Waals surface area contributed by atoms with Crippen LogP contribution in [0.2, 0.25) is 0 Å². The van der Waals surface area contributed by atoms with Crippen molar-refractivity contribution in [3.8, 4) is 22.8 Å². The van der Waals surface area contributed by atoms with Crippen molar-refractivity contribution in [2.45, 2.75) is 13.1 Å². The third-order valence-electron chi connectivity index (χ3n) is 4.07. The Kier molecular flexibility index (Phi) is 5.07. The largest absolute Gasteiger partial charge is 0.350 e. The number of carbonyl (C=O) groups excluding carboxylic acids is 1. The number of carbonyl (C=O) groups is 1. The zero-order valence-electron chi connectivity index (χ0n) is 14.6. The van der Waals surface area contributed by atoms with E-state index in [9.17, 15) is 4.79 Å². The lowest BCUT2D eigenvalue weighted by atomic mass is 10.2. The molecule has 6 heteroatoms. The van der Waals surface area contributed by atoms with Gasteiger partial charge in [-0.25, -0.2) is 9.67 Å². The third kappa shape index (κ3) is 4.12. The molecule has 4 aromatic rings. The van der Waals surface area contributed by atoms with Gasteiger partial charge in [-0.15, -0.1) is 16.4 Å². The van der Waals surface area contributed by atoms with Crippen molar-refractivity contribution < 1.29 is 4.79 Å². The Balaban J connectivity index is 1.60. The van der Waals surface area contributed by atoms with E-state index in [1.165, 1.54) is 0 Å². The van der Waals surface area contributed by atoms with E-state index in [0.29, 0.717) is 18.2 Å². The molecule has 1 N–H and O–H groups in total. The molecule has 0 fully saturated rings. The highest BCUT2D eigenvalue weighted by Crippen LogP contribution is 2.22. The molecule has 0 aliphatic heterocycles. The maximum Gasteiger partial charge on any atom is 0.242 e. The third-order valence-corrected chi connectivity index (χ3v) is 4.95. The van der Waals surface area contributed by atoms with Crippen molar-refractivity contribution in [1.82, 2.24) is 20.1 Å². The molecule has 2 heterocycles. The smallest absolute Gasteiger partial charge is 0.242 e. The SMILES string of the molecule is O=C(Cn1nc(-c2ccccc2)nc1-c1ccccc1)NCc1cccs1. The summed E-state index contributed by atoms with van der Waals surface area (Å²) in [4.78, 5) is 18.3. The summed E-state index contributed by atoms with van der Waals surface area (Å²) in [7, 11) is 0. The van der Waals surface area contributed by atoms with Gasteiger partial charge >= 0.3 is 0 Å². The predicted molar refractivity (Wildman–Crippen MR) is 107 cm³/mol. The van der Waals surface area contributed by atoms with Crippen LogP contribution in [0, 0.1) is 0 Å². The van der Waals surface area contributed by atoms with E-state index < -0.39 is 0 Å². The first-order valence-electron chi connectivity index (χ1n) is 8.64. The molecule has 0 spiro atoms. The van der Waals surface area contributed by atoms with Crippen LogP contribution in [0.5, 0.6) is 0 Å². The van der Waals surface area contributed by atoms with Gasteiger partial charge < -0.3 is 5.32 Å². The van der Waals surface area contributed by atoms with Crippen LogP contribution < -0.4 is 5.32 Å². The second kappa shape index (κ2) is 7.97. The Hall–Kier alpha value is -3.25. The lowest BCUT2D eigenvalue weighted by molar-refractivity contribution is -0.121. The molecule has 5 nitrogen and oxygen atoms in total. The average molecular weight is 374 g/mol. The molecule has 0 radical (unpaired) electrons. The minimum atomic E-state index is -0.0925. The van der Waals surface area contributed by atoms with Crippen LogP contribution >= 0.6 is 11.3 Å². The van der Waals surface area contributed by atoms with Crippen LogP contribution in [0.4, 0.5) is 0 Å². The average Bonchev–Trinajstić information content (AvgIpc) is 3.38. The fraction of sp³-hybridized carbons (Fsp3) is 0.0952. The van der Waals surface area contributed by atoms with Crippen molar-refractivity contribution in [2.24, 2.45) is 0 Å². The first-order valence-corrected chi connectivity index (χ1v) is 9.52. The van der Waals surface area contributed by atoms with Gasteiger partial charge in [0, 0.05) is 16.0 Å². The number of hydrogen-bond acceptors (Lipinski definition) is 4. The summed E-state index contributed by atoms with van der Waals surface area (Å²) < 4.78 is 1.67. The first-order chi connectivity index (χ1) is 13.3. The highest BCUT2D eigenvalue weighted by Gasteiger charge is 2.15. The number of aromatic nitrogens is 3. The zero-order chi connectivity index (χ0) is 18.5. The summed E-state index contributed by atoms with van der Waals surface area (Å²) in [6.07, 6.45) is 0. The summed E-state index contributed by atoms with van der Waals surface area (Å²) in [5.41, 5.74) is 1.85. The quantitative estimate of drug-likeness (QED) is 0.555. The van der Waals surface area contributed by atoms with Gasteiger partial charge in [0.2, 0.25) is 5.91 Å². The van der Waals surface area contributed by atoms with E-state index in [2.05, 4.69) is 15.4 Å². The fourth-order valence-electron chi connectivity index (χ4n) is 2.75. The van der Waals surface area contributed by atoms with E-state index in [-0.39, 0.29) is 12.5 Å². The summed E-state index contributed by atoms with van der Waals surface area (Å²) in [6.45, 7) is 0.646. The number of benzene rings is 2. The van der Waals surface area contributed by atoms with Crippen LogP contribution in [0.1, 0.15) is 4.88 Å². The minimum Gasteiger partial charge on any atom is -0.350 e. The maximum atomic E-state index is 12.4. The van der Waals surface area contributed by atoms with E-state index in [4.69, 9.17) is 0 Å². The van der Waals surface area contributed by atoms with Crippen LogP contribution in [-0.4, -0.2) is 20.7 Å². The molecule has 2 aromatic carbocycles. The molecule has 0 atom stereocenters. The molecular weight excluding hydrogens is 356 g/mol. The van der Waals surface area contributed by atoms with Gasteiger partial charge in [0.05, 0.1) is 6.54 Å². The molecular formula is C21H18N4OS. The van der Waals surface area contributed by atoms with E-state index in [0.717, 1.165) is 16.0 Å². The summed E-state index contributed by atoms with van der Waals surface area (Å²) in [5, 5.41) is 9.53. The molecule has 0 unspecified atom stereocenters. The van der Waals surface area contributed by atoms with Crippen LogP contribution in [0.15, 0.2) is 78.2 Å². The Bertz CT molecular complexity index is 1010. The van der Waals surface area contributed by atoms with E-state index in [1.54, 1.807) is 16.0 Å². The van der Waals surface area contributed by atoms with Crippen molar-refractivity contribution in [3.05, 3.63) is 83.1 Å². The standard InChI is InChI=1S/C21H18N4OS/c26-19(22-14-18-12-7-13-27-18)15-25-21(17-10-5-2-6-11-17)23-20(24-25)16-8-3-1-4-9-16/h1-13H,14-15H2,(H,22,26). The van der Waals surface area contributed by atoms with Crippen molar-refractivity contribution in [1.29, 1.82) is 0 Å². The Morgan fingerprint density at radius 1 is 0.926 bits per heavy atom. The molecule has 0 saturated carbocycles. The van der Waals surface area contributed by atoms with Gasteiger partial charge in [0.25, 0.3) is 0 Å². The molecule has 0 bridgehead atoms. The van der Waals surface area contributed by atoms with Gasteiger partial charge in [-0.3, -0.25) is 4.79 Å². The predicted octanol–water partition coefficient (Wildman–Crippen LogP) is 3.99. The number of nitrogens with zero attached hydrogens (tertiary/aromatic N) is 3. The number of amides is 1. The molecule has 134 valence electrons. The van der Waals surface area contributed by atoms with Crippen molar-refractivity contribution >= 4 is 17.2 Å². The summed E-state index contributed by atoms with van der Waals surface area (Å²) in [6, 6.07) is 23.6. The van der Waals surface area contributed by atoms with Crippen molar-refractivity contribution in [3.63, 3.8) is 0 Å². The topological polar surface area (TPSA) is 59.8 Å². The monoisotopic (exact) mass is 374 g/mol. The van der Waals surface area contributed by atoms with Gasteiger partial charge in [0.1, 0.15) is 6.54 Å². The molecule has 0 aliphatic carbocycles. The summed E-state index contributed by atoms with van der Waals surface area (Å²) >= 11 is 1.62. The minimum absolute atomic E-state index is 0.0925. The molecule has 4 rings (SSSR count). The number of rotatable bonds is 6. The van der Waals surface area contributed by atoms with Gasteiger partial charge in [-0.1, -0.05) is 66.7 Å². The van der Waals surface area contributed by atoms with Crippen LogP contribution in [0.3, 0.4) is 0 Å². The van der Waals surface area contributed by atoms with Gasteiger partial charge in [0.15, 0.2) is 11.6 Å². The van der Waals surface area contributed by atoms with E-state index in [1.807, 2.05) is 78.2 Å². The summed E-state index contributed by atoms with van der Waals surface area (Å²) in [5.74, 6) is 1.20. The molecule has 27 heavy (non-hydrogen) atoms. The fourth-order valence-corrected chi connectivity index (χ4v) is 3.40. The molecule has 1 amide bonds. The molecule has 0 saturated heterocycles. The van der Waals surface area contributed by atoms with Gasteiger partial charge in [-0.05, 0) is 11.4 Å². The number of thiophene rings is 1. The lowest BCUT2D eigenvalue weighted by Crippen LogP contribution is -2.27. The van der Waals surface area contributed by atoms with Crippen LogP contribution in [0.25, 0.3) is 22.8 Å². The normalized spacial score (nSPS) is 10.7. The Morgan fingerprint density at radius 3 is 2.30 bits per heavy atom. The van der Waals surface area contributed by atoms with Crippen LogP contribution in [-0.2, 0) is 17.9 Å². The highest BCUT2D eigenvalue weighted by atomic mass is 32.1. The second-order valence-electron chi connectivity index (χ2n) is 6.00. The Morgan fingerprint density at radius 2 is 1.63 bits per heavy atom. The zero-order valence-corrected chi connectivity index (χ0v) is 15.4. The molecule has 0 aliphatic rings. The maximum absolute atomic E-state index is 12.4. The lowest BCUT2D eigenvalue weighted by Gasteiger charge is -2.07. The second-order valence-corrected chi connectivity index (χ2v) is 7.04. The van der Waals surface area contributed by atoms with Gasteiger partial charge in [-0.2, -0.15) is 0 Å². The number of hydrogen-bond donors (Lipinski definition) is 1. The number of nitrogens with one attached hydrogen (secondary N) is 1. The Labute approximate surface area is 161 Å². The molecule has 2 aromatic heterocycles. The highest BCUT2D eigenvalue weighted by molar-refractivity contribution is 7.09. The first kappa shape index (κ1) is 17.2. The van der Waals surface area contributed by atoms with Crippen molar-refractivity contribution in [2.75, 3.05) is 0 Å². The van der Waals surface area contributed by atoms with E-state index >= 15 is 0 Å².